The number of aryl methyl sites for hydroxylation is 1. The Bertz CT molecular complexity index is 1720. The van der Waals surface area contributed by atoms with Gasteiger partial charge >= 0.3 is 0 Å². The van der Waals surface area contributed by atoms with Crippen molar-refractivity contribution in [1.82, 2.24) is 0 Å². The Kier molecular flexibility index (Phi) is 9.06. The summed E-state index contributed by atoms with van der Waals surface area (Å²) in [5.74, 6) is -0.341. The van der Waals surface area contributed by atoms with Crippen LogP contribution in [0.5, 0.6) is 0 Å². The van der Waals surface area contributed by atoms with Crippen LogP contribution in [0.3, 0.4) is 0 Å². The lowest BCUT2D eigenvalue weighted by Crippen LogP contribution is -2.38. The van der Waals surface area contributed by atoms with Crippen molar-refractivity contribution in [1.29, 1.82) is 0 Å². The van der Waals surface area contributed by atoms with Crippen molar-refractivity contribution < 1.29 is 21.6 Å². The molecule has 4 aromatic carbocycles. The van der Waals surface area contributed by atoms with Gasteiger partial charge in [0.15, 0.2) is 0 Å². The molecule has 0 fully saturated rings. The van der Waals surface area contributed by atoms with E-state index in [-0.39, 0.29) is 15.7 Å². The third-order valence-corrected chi connectivity index (χ3v) is 9.73. The number of amides is 1. The van der Waals surface area contributed by atoms with Gasteiger partial charge in [-0.25, -0.2) is 16.8 Å². The summed E-state index contributed by atoms with van der Waals surface area (Å²) in [5.41, 5.74) is 2.95. The van der Waals surface area contributed by atoms with Gasteiger partial charge < -0.3 is 5.32 Å². The number of rotatable bonds is 10. The molecule has 0 unspecified atom stereocenters. The van der Waals surface area contributed by atoms with Gasteiger partial charge in [-0.05, 0) is 91.2 Å². The van der Waals surface area contributed by atoms with E-state index >= 15 is 0 Å². The van der Waals surface area contributed by atoms with Gasteiger partial charge in [0, 0.05) is 16.4 Å². The number of halogens is 1. The fraction of sp³-hybridized carbons (Fsp3) is 0.167. The van der Waals surface area contributed by atoms with E-state index in [0.29, 0.717) is 22.1 Å². The van der Waals surface area contributed by atoms with E-state index < -0.39 is 32.5 Å². The van der Waals surface area contributed by atoms with Crippen LogP contribution in [-0.2, 0) is 24.8 Å². The summed E-state index contributed by atoms with van der Waals surface area (Å²) in [6.07, 6.45) is 0. The van der Waals surface area contributed by atoms with Gasteiger partial charge in [0.25, 0.3) is 20.0 Å². The van der Waals surface area contributed by atoms with Crippen molar-refractivity contribution >= 4 is 54.6 Å². The van der Waals surface area contributed by atoms with E-state index in [1.807, 2.05) is 32.9 Å². The molecule has 0 aliphatic rings. The molecule has 0 aliphatic carbocycles. The second-order valence-electron chi connectivity index (χ2n) is 9.76. The van der Waals surface area contributed by atoms with Gasteiger partial charge in [-0.3, -0.25) is 13.8 Å². The first-order valence-corrected chi connectivity index (χ1v) is 16.0. The molecule has 0 spiro atoms. The van der Waals surface area contributed by atoms with Crippen molar-refractivity contribution in [2.45, 2.75) is 36.5 Å². The van der Waals surface area contributed by atoms with Crippen LogP contribution in [0.25, 0.3) is 0 Å². The van der Waals surface area contributed by atoms with Gasteiger partial charge in [0.1, 0.15) is 6.54 Å². The quantitative estimate of drug-likeness (QED) is 0.215. The molecule has 4 aromatic rings. The lowest BCUT2D eigenvalue weighted by atomic mass is 10.0. The number of nitrogens with one attached hydrogen (secondary N) is 2. The summed E-state index contributed by atoms with van der Waals surface area (Å²) in [6.45, 7) is 5.44. The predicted molar refractivity (Wildman–Crippen MR) is 164 cm³/mol. The molecule has 0 aliphatic heterocycles. The Hall–Kier alpha value is -3.86. The number of benzene rings is 4. The molecule has 0 heterocycles. The minimum absolute atomic E-state index is 0.0146. The number of carbonyl (C=O) groups excluding carboxylic acids is 1. The van der Waals surface area contributed by atoms with Gasteiger partial charge in [0.05, 0.1) is 15.5 Å². The molecule has 1 amide bonds. The molecule has 2 N–H and O–H groups in total. The Morgan fingerprint density at radius 1 is 0.756 bits per heavy atom. The number of hydrogen-bond donors (Lipinski definition) is 2. The van der Waals surface area contributed by atoms with Crippen LogP contribution in [0.4, 0.5) is 17.1 Å². The summed E-state index contributed by atoms with van der Waals surface area (Å²) < 4.78 is 56.3. The van der Waals surface area contributed by atoms with Crippen molar-refractivity contribution in [2.24, 2.45) is 0 Å². The van der Waals surface area contributed by atoms with Crippen molar-refractivity contribution in [2.75, 3.05) is 20.9 Å². The van der Waals surface area contributed by atoms with Crippen LogP contribution in [0, 0.1) is 6.92 Å². The average Bonchev–Trinajstić information content (AvgIpc) is 2.93. The lowest BCUT2D eigenvalue weighted by molar-refractivity contribution is -0.114. The van der Waals surface area contributed by atoms with Crippen LogP contribution in [0.2, 0.25) is 5.02 Å². The molecule has 0 bridgehead atoms. The molecule has 214 valence electrons. The standard InChI is InChI=1S/C30H30ClN3O5S2/c1-21(2)23-6-14-27(15-7-23)34(41(38,39)29-16-4-22(3)5-17-29)20-30(35)32-25-12-18-28(19-13-25)40(36,37)33-26-10-8-24(31)9-11-26/h4-19,21,33H,20H2,1-3H3,(H,32,35). The van der Waals surface area contributed by atoms with Crippen molar-refractivity contribution in [3.8, 4) is 0 Å². The minimum Gasteiger partial charge on any atom is -0.325 e. The highest BCUT2D eigenvalue weighted by molar-refractivity contribution is 7.93. The lowest BCUT2D eigenvalue weighted by Gasteiger charge is -2.24. The van der Waals surface area contributed by atoms with Gasteiger partial charge in [-0.2, -0.15) is 0 Å². The summed E-state index contributed by atoms with van der Waals surface area (Å²) in [5, 5.41) is 3.14. The molecule has 0 aromatic heterocycles. The Labute approximate surface area is 246 Å². The Balaban J connectivity index is 1.54. The van der Waals surface area contributed by atoms with Crippen LogP contribution >= 0.6 is 11.6 Å². The smallest absolute Gasteiger partial charge is 0.264 e. The number of nitrogens with zero attached hydrogens (tertiary/aromatic N) is 1. The number of anilines is 3. The highest BCUT2D eigenvalue weighted by Crippen LogP contribution is 2.27. The third kappa shape index (κ3) is 7.46. The first-order valence-electron chi connectivity index (χ1n) is 12.7. The molecule has 41 heavy (non-hydrogen) atoms. The molecule has 0 saturated carbocycles. The Morgan fingerprint density at radius 3 is 1.85 bits per heavy atom. The maximum absolute atomic E-state index is 13.6. The topological polar surface area (TPSA) is 113 Å². The fourth-order valence-corrected chi connectivity index (χ4v) is 6.56. The normalized spacial score (nSPS) is 11.7. The zero-order chi connectivity index (χ0) is 29.8. The fourth-order valence-electron chi connectivity index (χ4n) is 3.96. The second kappa shape index (κ2) is 12.3. The highest BCUT2D eigenvalue weighted by atomic mass is 35.5. The van der Waals surface area contributed by atoms with Crippen LogP contribution in [-0.4, -0.2) is 29.3 Å². The minimum atomic E-state index is -4.07. The van der Waals surface area contributed by atoms with Gasteiger partial charge in [-0.15, -0.1) is 0 Å². The van der Waals surface area contributed by atoms with Crippen LogP contribution in [0.15, 0.2) is 107 Å². The van der Waals surface area contributed by atoms with Crippen molar-refractivity contribution in [3.05, 3.63) is 113 Å². The van der Waals surface area contributed by atoms with E-state index in [0.717, 1.165) is 15.4 Å². The molecule has 0 radical (unpaired) electrons. The van der Waals surface area contributed by atoms with E-state index in [2.05, 4.69) is 10.0 Å². The molecule has 0 atom stereocenters. The van der Waals surface area contributed by atoms with E-state index in [1.54, 1.807) is 48.5 Å². The zero-order valence-corrected chi connectivity index (χ0v) is 25.1. The summed E-state index contributed by atoms with van der Waals surface area (Å²) >= 11 is 5.86. The van der Waals surface area contributed by atoms with Crippen molar-refractivity contribution in [3.63, 3.8) is 0 Å². The second-order valence-corrected chi connectivity index (χ2v) is 13.7. The molecule has 0 saturated heterocycles. The van der Waals surface area contributed by atoms with Gasteiger partial charge in [-0.1, -0.05) is 55.3 Å². The molecule has 8 nitrogen and oxygen atoms in total. The summed E-state index contributed by atoms with van der Waals surface area (Å²) in [6, 6.07) is 25.2. The first-order chi connectivity index (χ1) is 19.3. The summed E-state index contributed by atoms with van der Waals surface area (Å²) in [7, 11) is -7.96. The SMILES string of the molecule is Cc1ccc(S(=O)(=O)N(CC(=O)Nc2ccc(S(=O)(=O)Nc3ccc(Cl)cc3)cc2)c2ccc(C(C)C)cc2)cc1. The van der Waals surface area contributed by atoms with E-state index in [9.17, 15) is 21.6 Å². The predicted octanol–water partition coefficient (Wildman–Crippen LogP) is 6.41. The van der Waals surface area contributed by atoms with Gasteiger partial charge in [0.2, 0.25) is 5.91 Å². The third-order valence-electron chi connectivity index (χ3n) is 6.29. The molecular weight excluding hydrogens is 582 g/mol. The average molecular weight is 612 g/mol. The van der Waals surface area contributed by atoms with E-state index in [1.165, 1.54) is 36.4 Å². The van der Waals surface area contributed by atoms with E-state index in [4.69, 9.17) is 11.6 Å². The molecule has 11 heteroatoms. The molecule has 4 rings (SSSR count). The monoisotopic (exact) mass is 611 g/mol. The maximum atomic E-state index is 13.6. The van der Waals surface area contributed by atoms with Crippen LogP contribution < -0.4 is 14.3 Å². The zero-order valence-electron chi connectivity index (χ0n) is 22.7. The molecular formula is C30H30ClN3O5S2. The highest BCUT2D eigenvalue weighted by Gasteiger charge is 2.27. The first kappa shape index (κ1) is 30.1. The van der Waals surface area contributed by atoms with Crippen LogP contribution in [0.1, 0.15) is 30.9 Å². The number of carbonyl (C=O) groups is 1. The number of sulfonamides is 2. The number of hydrogen-bond acceptors (Lipinski definition) is 5. The summed E-state index contributed by atoms with van der Waals surface area (Å²) in [4.78, 5) is 13.1. The largest absolute Gasteiger partial charge is 0.325 e. The Morgan fingerprint density at radius 2 is 1.29 bits per heavy atom. The maximum Gasteiger partial charge on any atom is 0.264 e.